The molecule has 0 saturated heterocycles. The van der Waals surface area contributed by atoms with Crippen LogP contribution in [0.25, 0.3) is 93.5 Å². The lowest BCUT2D eigenvalue weighted by Crippen LogP contribution is -2.59. The van der Waals surface area contributed by atoms with Gasteiger partial charge >= 0.3 is 0 Å². The summed E-state index contributed by atoms with van der Waals surface area (Å²) in [6, 6.07) is 89.7. The average Bonchev–Trinajstić information content (AvgIpc) is 0.798. The fourth-order valence-electron chi connectivity index (χ4n) is 14.3. The Morgan fingerprint density at radius 3 is 1.25 bits per heavy atom. The Balaban J connectivity index is 1.04. The molecule has 15 rings (SSSR count). The molecular weight excluding hydrogens is 1060 g/mol. The third-order valence-corrected chi connectivity index (χ3v) is 19.0. The van der Waals surface area contributed by atoms with Crippen molar-refractivity contribution in [2.24, 2.45) is 0 Å². The molecule has 12 aromatic carbocycles. The normalized spacial score (nSPS) is 13.3. The van der Waals surface area contributed by atoms with Gasteiger partial charge in [0, 0.05) is 45.0 Å². The molecule has 3 heterocycles. The van der Waals surface area contributed by atoms with Gasteiger partial charge in [0.05, 0.1) is 16.7 Å². The molecule has 2 aliphatic rings. The zero-order chi connectivity index (χ0) is 60.8. The summed E-state index contributed by atoms with van der Waals surface area (Å²) in [6.07, 6.45) is 0. The molecule has 0 bridgehead atoms. The third-order valence-electron chi connectivity index (χ3n) is 19.0. The molecule has 0 radical (unpaired) electrons. The highest BCUT2D eigenvalue weighted by atomic mass is 16.5. The lowest BCUT2D eigenvalue weighted by molar-refractivity contribution is 0.483. The summed E-state index contributed by atoms with van der Waals surface area (Å²) in [5.74, 6) is 1.77. The highest BCUT2D eigenvalue weighted by molar-refractivity contribution is 6.99. The molecule has 4 heteroatoms. The van der Waals surface area contributed by atoms with Gasteiger partial charge < -0.3 is 14.2 Å². The van der Waals surface area contributed by atoms with Crippen molar-refractivity contribution in [2.75, 3.05) is 4.90 Å². The number of hydrogen-bond acceptors (Lipinski definition) is 2. The van der Waals surface area contributed by atoms with Gasteiger partial charge in [0.2, 0.25) is 0 Å². The summed E-state index contributed by atoms with van der Waals surface area (Å²) in [4.78, 5) is 2.65. The molecule has 3 nitrogen and oxygen atoms in total. The first kappa shape index (κ1) is 55.2. The van der Waals surface area contributed by atoms with Crippen molar-refractivity contribution in [1.29, 1.82) is 0 Å². The monoisotopic (exact) mass is 1140 g/mol. The van der Waals surface area contributed by atoms with E-state index in [1.54, 1.807) is 0 Å². The van der Waals surface area contributed by atoms with E-state index < -0.39 is 0 Å². The van der Waals surface area contributed by atoms with E-state index in [4.69, 9.17) is 4.74 Å². The van der Waals surface area contributed by atoms with Crippen LogP contribution in [-0.2, 0) is 21.7 Å². The van der Waals surface area contributed by atoms with Crippen molar-refractivity contribution in [3.05, 3.63) is 259 Å². The number of benzene rings is 12. The summed E-state index contributed by atoms with van der Waals surface area (Å²) < 4.78 is 10.1. The number of aromatic nitrogens is 1. The summed E-state index contributed by atoms with van der Waals surface area (Å²) in [6.45, 7) is 27.7. The van der Waals surface area contributed by atoms with Crippen LogP contribution in [0.15, 0.2) is 237 Å². The molecule has 0 fully saturated rings. The maximum absolute atomic E-state index is 7.64. The molecule has 2 aliphatic heterocycles. The molecule has 0 unspecified atom stereocenters. The average molecular weight is 1140 g/mol. The van der Waals surface area contributed by atoms with E-state index in [1.807, 2.05) is 0 Å². The van der Waals surface area contributed by atoms with Crippen LogP contribution in [0.5, 0.6) is 11.5 Å². The Morgan fingerprint density at radius 1 is 0.318 bits per heavy atom. The predicted molar refractivity (Wildman–Crippen MR) is 378 cm³/mol. The van der Waals surface area contributed by atoms with E-state index in [-0.39, 0.29) is 28.4 Å². The largest absolute Gasteiger partial charge is 0.458 e. The molecule has 0 saturated carbocycles. The first-order chi connectivity index (χ1) is 42.2. The first-order valence-electron chi connectivity index (χ1n) is 31.5. The highest BCUT2D eigenvalue weighted by Gasteiger charge is 2.44. The molecule has 430 valence electrons. The lowest BCUT2D eigenvalue weighted by atomic mass is 9.34. The molecule has 0 spiro atoms. The molecule has 0 atom stereocenters. The number of anilines is 3. The highest BCUT2D eigenvalue weighted by Crippen LogP contribution is 2.53. The van der Waals surface area contributed by atoms with E-state index in [1.165, 1.54) is 121 Å². The van der Waals surface area contributed by atoms with E-state index in [0.29, 0.717) is 0 Å². The van der Waals surface area contributed by atoms with Crippen molar-refractivity contribution in [2.45, 2.75) is 105 Å². The van der Waals surface area contributed by atoms with Crippen molar-refractivity contribution >= 4 is 83.5 Å². The number of fused-ring (bicyclic) bond motifs is 9. The molecule has 0 N–H and O–H groups in total. The molecule has 0 aliphatic carbocycles. The Hall–Kier alpha value is -9.38. The lowest BCUT2D eigenvalue weighted by Gasteiger charge is -2.43. The van der Waals surface area contributed by atoms with Crippen molar-refractivity contribution in [1.82, 2.24) is 4.57 Å². The van der Waals surface area contributed by atoms with Crippen molar-refractivity contribution < 1.29 is 4.74 Å². The summed E-state index contributed by atoms with van der Waals surface area (Å²) in [5.41, 5.74) is 24.7. The van der Waals surface area contributed by atoms with Crippen LogP contribution in [0.3, 0.4) is 0 Å². The van der Waals surface area contributed by atoms with E-state index >= 15 is 0 Å². The minimum absolute atomic E-state index is 0.00856. The maximum Gasteiger partial charge on any atom is 0.256 e. The third kappa shape index (κ3) is 9.00. The van der Waals surface area contributed by atoms with Gasteiger partial charge in [-0.25, -0.2) is 0 Å². The zero-order valence-corrected chi connectivity index (χ0v) is 52.9. The minimum atomic E-state index is -0.236. The van der Waals surface area contributed by atoms with Gasteiger partial charge in [-0.15, -0.1) is 0 Å². The topological polar surface area (TPSA) is 17.4 Å². The second-order valence-corrected chi connectivity index (χ2v) is 28.9. The fraction of sp³-hybridized carbons (Fsp3) is 0.190. The molecule has 1 aromatic heterocycles. The van der Waals surface area contributed by atoms with Crippen LogP contribution in [0.4, 0.5) is 17.1 Å². The van der Waals surface area contributed by atoms with Gasteiger partial charge in [0.1, 0.15) is 11.5 Å². The van der Waals surface area contributed by atoms with Crippen LogP contribution in [0, 0.1) is 0 Å². The summed E-state index contributed by atoms with van der Waals surface area (Å²) >= 11 is 0. The zero-order valence-electron chi connectivity index (χ0n) is 52.9. The molecule has 13 aromatic rings. The fourth-order valence-corrected chi connectivity index (χ4v) is 14.3. The minimum Gasteiger partial charge on any atom is -0.458 e. The van der Waals surface area contributed by atoms with Crippen molar-refractivity contribution in [3.8, 4) is 61.7 Å². The van der Waals surface area contributed by atoms with E-state index in [2.05, 4.69) is 329 Å². The number of ether oxygens (including phenoxy) is 1. The van der Waals surface area contributed by atoms with Gasteiger partial charge in [0.15, 0.2) is 0 Å². The van der Waals surface area contributed by atoms with Gasteiger partial charge in [-0.2, -0.15) is 0 Å². The maximum atomic E-state index is 7.64. The Morgan fingerprint density at radius 2 is 0.761 bits per heavy atom. The Bertz CT molecular complexity index is 4780. The Labute approximate surface area is 520 Å². The quantitative estimate of drug-likeness (QED) is 0.122. The van der Waals surface area contributed by atoms with Crippen LogP contribution in [0.2, 0.25) is 0 Å². The van der Waals surface area contributed by atoms with Gasteiger partial charge in [-0.1, -0.05) is 253 Å². The summed E-state index contributed by atoms with van der Waals surface area (Å²) in [7, 11) is 0. The SMILES string of the molecule is CC(C)(C)c1cc(-c2ccccc2)c(N2c3cc(-c4c5ccccc5c(-c5ccccc5)c5ccccc45)ccc3B3c4ccc(-n5c6ccc(C(C)(C)C)cc6c6cc(C(C)(C)C)ccc65)cc4Oc4cc(C(C)(C)C)cc2c43)c(-c2ccccc2)c1. The van der Waals surface area contributed by atoms with E-state index in [0.717, 1.165) is 39.7 Å². The van der Waals surface area contributed by atoms with Gasteiger partial charge in [-0.05, 0) is 176 Å². The van der Waals surface area contributed by atoms with Crippen LogP contribution >= 0.6 is 0 Å². The first-order valence-corrected chi connectivity index (χ1v) is 31.5. The van der Waals surface area contributed by atoms with Crippen LogP contribution < -0.4 is 26.0 Å². The van der Waals surface area contributed by atoms with Crippen LogP contribution in [-0.4, -0.2) is 11.3 Å². The summed E-state index contributed by atoms with van der Waals surface area (Å²) in [5, 5.41) is 7.46. The molecule has 0 amide bonds. The second-order valence-electron chi connectivity index (χ2n) is 28.9. The number of rotatable bonds is 6. The standard InChI is InChI=1S/C84H75BN2O/c1-81(2,3)56-37-42-71-67(45-56)68-46-57(82(4,5)6)38-43-72(68)86(71)60-39-41-70-75(51-60)88-76-50-59(84(10,11)12)49-74-79(76)85(70)69-40-36-55(78-63-34-24-22-32-61(63)77(54-30-20-15-21-31-54)62-33-23-25-35-64(62)78)44-73(69)87(74)80-65(52-26-16-13-17-27-52)47-58(83(7,8)9)48-66(80)53-28-18-14-19-29-53/h13-51H,1-12H3. The molecule has 88 heavy (non-hydrogen) atoms. The van der Waals surface area contributed by atoms with Crippen molar-refractivity contribution in [3.63, 3.8) is 0 Å². The van der Waals surface area contributed by atoms with E-state index in [9.17, 15) is 0 Å². The van der Waals surface area contributed by atoms with Crippen LogP contribution in [0.1, 0.15) is 105 Å². The number of nitrogens with zero attached hydrogens (tertiary/aromatic N) is 2. The smallest absolute Gasteiger partial charge is 0.256 e. The van der Waals surface area contributed by atoms with Gasteiger partial charge in [-0.3, -0.25) is 0 Å². The van der Waals surface area contributed by atoms with Gasteiger partial charge in [0.25, 0.3) is 6.71 Å². The molecular formula is C84H75BN2O. The number of hydrogen-bond donors (Lipinski definition) is 0. The Kier molecular flexibility index (Phi) is 12.6. The second kappa shape index (κ2) is 20.1. The predicted octanol–water partition coefficient (Wildman–Crippen LogP) is 21.4.